The lowest BCUT2D eigenvalue weighted by Crippen LogP contribution is -2.14. The molecule has 4 aromatic rings. The number of carbonyl (C=O) groups excluding carboxylic acids is 1. The van der Waals surface area contributed by atoms with Crippen LogP contribution >= 0.6 is 0 Å². The van der Waals surface area contributed by atoms with Gasteiger partial charge in [0.15, 0.2) is 5.82 Å². The molecule has 2 heterocycles. The Morgan fingerprint density at radius 2 is 1.81 bits per heavy atom. The van der Waals surface area contributed by atoms with E-state index in [1.165, 1.54) is 0 Å². The lowest BCUT2D eigenvalue weighted by molar-refractivity contribution is -0.115. The number of aryl methyl sites for hydroxylation is 1. The van der Waals surface area contributed by atoms with Gasteiger partial charge in [-0.15, -0.1) is 5.10 Å². The molecule has 27 heavy (non-hydrogen) atoms. The molecule has 2 aromatic heterocycles. The van der Waals surface area contributed by atoms with Crippen LogP contribution < -0.4 is 5.32 Å². The number of hydrogen-bond acceptors (Lipinski definition) is 4. The molecule has 0 aliphatic rings. The topological polar surface area (TPSA) is 77.6 Å². The van der Waals surface area contributed by atoms with E-state index in [2.05, 4.69) is 20.8 Å². The minimum Gasteiger partial charge on any atom is -0.326 e. The summed E-state index contributed by atoms with van der Waals surface area (Å²) in [6, 6.07) is 19.4. The molecule has 1 amide bonds. The van der Waals surface area contributed by atoms with Crippen molar-refractivity contribution in [3.63, 3.8) is 0 Å². The number of hydrogen-bond donors (Lipinski definition) is 1. The highest BCUT2D eigenvalue weighted by atomic mass is 16.1. The first-order valence-electron chi connectivity index (χ1n) is 8.54. The van der Waals surface area contributed by atoms with Crippen molar-refractivity contribution in [2.75, 3.05) is 5.32 Å². The van der Waals surface area contributed by atoms with Crippen LogP contribution in [0.15, 0.2) is 73.1 Å². The van der Waals surface area contributed by atoms with Crippen LogP contribution in [0, 0.1) is 0 Å². The predicted octanol–water partition coefficient (Wildman–Crippen LogP) is 2.85. The summed E-state index contributed by atoms with van der Waals surface area (Å²) in [6.07, 6.45) is 4.28. The monoisotopic (exact) mass is 358 g/mol. The highest BCUT2D eigenvalue weighted by Gasteiger charge is 2.09. The van der Waals surface area contributed by atoms with Gasteiger partial charge in [0.05, 0.1) is 6.42 Å². The summed E-state index contributed by atoms with van der Waals surface area (Å²) in [7, 11) is 1.78. The third kappa shape index (κ3) is 3.77. The van der Waals surface area contributed by atoms with E-state index in [-0.39, 0.29) is 5.91 Å². The first-order chi connectivity index (χ1) is 13.2. The van der Waals surface area contributed by atoms with Gasteiger partial charge in [-0.3, -0.25) is 4.79 Å². The molecule has 0 bridgehead atoms. The summed E-state index contributed by atoms with van der Waals surface area (Å²) < 4.78 is 3.61. The molecule has 0 spiro atoms. The van der Waals surface area contributed by atoms with Crippen molar-refractivity contribution >= 4 is 11.6 Å². The summed E-state index contributed by atoms with van der Waals surface area (Å²) in [5.74, 6) is 0.573. The molecule has 2 aromatic carbocycles. The molecule has 0 saturated carbocycles. The molecule has 0 saturated heterocycles. The number of rotatable bonds is 5. The largest absolute Gasteiger partial charge is 0.326 e. The Morgan fingerprint density at radius 3 is 2.52 bits per heavy atom. The average molecular weight is 358 g/mol. The first kappa shape index (κ1) is 16.7. The summed E-state index contributed by atoms with van der Waals surface area (Å²) >= 11 is 0. The van der Waals surface area contributed by atoms with Gasteiger partial charge in [0.2, 0.25) is 5.91 Å². The third-order valence-corrected chi connectivity index (χ3v) is 4.23. The molecule has 0 atom stereocenters. The molecule has 0 fully saturated rings. The van der Waals surface area contributed by atoms with Crippen LogP contribution in [-0.4, -0.2) is 30.7 Å². The maximum atomic E-state index is 12.4. The normalized spacial score (nSPS) is 10.7. The van der Waals surface area contributed by atoms with Crippen molar-refractivity contribution in [1.82, 2.24) is 24.8 Å². The SMILES string of the molecule is Cn1nnnc1-c1cccc(NC(=O)Cc2ccc(-n3cccc3)cc2)c1. The smallest absolute Gasteiger partial charge is 0.228 e. The van der Waals surface area contributed by atoms with E-state index < -0.39 is 0 Å². The summed E-state index contributed by atoms with van der Waals surface area (Å²) in [5.41, 5.74) is 3.58. The van der Waals surface area contributed by atoms with Crippen molar-refractivity contribution < 1.29 is 4.79 Å². The zero-order valence-corrected chi connectivity index (χ0v) is 14.8. The van der Waals surface area contributed by atoms with Crippen LogP contribution in [0.4, 0.5) is 5.69 Å². The molecular formula is C20H18N6O. The fraction of sp³-hybridized carbons (Fsp3) is 0.100. The molecular weight excluding hydrogens is 340 g/mol. The molecule has 7 heteroatoms. The Hall–Kier alpha value is -3.74. The number of tetrazole rings is 1. The van der Waals surface area contributed by atoms with E-state index in [9.17, 15) is 4.79 Å². The number of nitrogens with zero attached hydrogens (tertiary/aromatic N) is 5. The number of amides is 1. The van der Waals surface area contributed by atoms with E-state index in [4.69, 9.17) is 0 Å². The van der Waals surface area contributed by atoms with Crippen molar-refractivity contribution in [1.29, 1.82) is 0 Å². The van der Waals surface area contributed by atoms with Crippen LogP contribution in [-0.2, 0) is 18.3 Å². The minimum atomic E-state index is -0.0723. The van der Waals surface area contributed by atoms with Crippen LogP contribution in [0.3, 0.4) is 0 Å². The average Bonchev–Trinajstić information content (AvgIpc) is 3.34. The van der Waals surface area contributed by atoms with Gasteiger partial charge in [-0.2, -0.15) is 0 Å². The molecule has 4 rings (SSSR count). The van der Waals surface area contributed by atoms with E-state index >= 15 is 0 Å². The van der Waals surface area contributed by atoms with Crippen LogP contribution in [0.1, 0.15) is 5.56 Å². The quantitative estimate of drug-likeness (QED) is 0.595. The molecule has 0 aliphatic carbocycles. The molecule has 134 valence electrons. The van der Waals surface area contributed by atoms with Gasteiger partial charge in [0.1, 0.15) is 0 Å². The van der Waals surface area contributed by atoms with Crippen LogP contribution in [0.2, 0.25) is 0 Å². The molecule has 1 N–H and O–H groups in total. The summed E-state index contributed by atoms with van der Waals surface area (Å²) in [4.78, 5) is 12.4. The minimum absolute atomic E-state index is 0.0723. The molecule has 0 aliphatic heterocycles. The third-order valence-electron chi connectivity index (χ3n) is 4.23. The number of nitrogens with one attached hydrogen (secondary N) is 1. The number of benzene rings is 2. The Balaban J connectivity index is 1.43. The lowest BCUT2D eigenvalue weighted by Gasteiger charge is -2.08. The Labute approximate surface area is 156 Å². The van der Waals surface area contributed by atoms with Crippen molar-refractivity contribution in [3.8, 4) is 17.1 Å². The van der Waals surface area contributed by atoms with Gasteiger partial charge >= 0.3 is 0 Å². The van der Waals surface area contributed by atoms with Crippen molar-refractivity contribution in [2.24, 2.45) is 7.05 Å². The maximum Gasteiger partial charge on any atom is 0.228 e. The summed E-state index contributed by atoms with van der Waals surface area (Å²) in [5, 5.41) is 14.4. The fourth-order valence-electron chi connectivity index (χ4n) is 2.89. The molecule has 0 radical (unpaired) electrons. The van der Waals surface area contributed by atoms with E-state index in [1.54, 1.807) is 11.7 Å². The van der Waals surface area contributed by atoms with E-state index in [0.29, 0.717) is 17.9 Å². The zero-order valence-electron chi connectivity index (χ0n) is 14.8. The Kier molecular flexibility index (Phi) is 4.49. The Bertz CT molecular complexity index is 1050. The highest BCUT2D eigenvalue weighted by Crippen LogP contribution is 2.20. The number of aromatic nitrogens is 5. The van der Waals surface area contributed by atoms with Gasteiger partial charge in [0.25, 0.3) is 0 Å². The van der Waals surface area contributed by atoms with Gasteiger partial charge in [-0.1, -0.05) is 24.3 Å². The first-order valence-corrected chi connectivity index (χ1v) is 8.54. The fourth-order valence-corrected chi connectivity index (χ4v) is 2.89. The zero-order chi connectivity index (χ0) is 18.6. The molecule has 7 nitrogen and oxygen atoms in total. The maximum absolute atomic E-state index is 12.4. The van der Waals surface area contributed by atoms with Crippen molar-refractivity contribution in [2.45, 2.75) is 6.42 Å². The predicted molar refractivity (Wildman–Crippen MR) is 102 cm³/mol. The Morgan fingerprint density at radius 1 is 1.04 bits per heavy atom. The second-order valence-electron chi connectivity index (χ2n) is 6.19. The van der Waals surface area contributed by atoms with Crippen LogP contribution in [0.25, 0.3) is 17.1 Å². The lowest BCUT2D eigenvalue weighted by atomic mass is 10.1. The van der Waals surface area contributed by atoms with E-state index in [0.717, 1.165) is 16.8 Å². The highest BCUT2D eigenvalue weighted by molar-refractivity contribution is 5.92. The molecule has 0 unspecified atom stereocenters. The van der Waals surface area contributed by atoms with Gasteiger partial charge in [0, 0.05) is 36.4 Å². The van der Waals surface area contributed by atoms with E-state index in [1.807, 2.05) is 77.6 Å². The van der Waals surface area contributed by atoms with Crippen molar-refractivity contribution in [3.05, 3.63) is 78.6 Å². The second-order valence-corrected chi connectivity index (χ2v) is 6.19. The standard InChI is InChI=1S/C20H18N6O/c1-25-20(22-23-24-25)16-5-4-6-17(14-16)21-19(27)13-15-7-9-18(10-8-15)26-11-2-3-12-26/h2-12,14H,13H2,1H3,(H,21,27). The van der Waals surface area contributed by atoms with Gasteiger partial charge in [-0.05, 0) is 52.4 Å². The van der Waals surface area contributed by atoms with Crippen LogP contribution in [0.5, 0.6) is 0 Å². The number of carbonyl (C=O) groups is 1. The number of anilines is 1. The summed E-state index contributed by atoms with van der Waals surface area (Å²) in [6.45, 7) is 0. The second kappa shape index (κ2) is 7.25. The van der Waals surface area contributed by atoms with Gasteiger partial charge in [-0.25, -0.2) is 4.68 Å². The van der Waals surface area contributed by atoms with Gasteiger partial charge < -0.3 is 9.88 Å².